The van der Waals surface area contributed by atoms with Crippen LogP contribution in [0.1, 0.15) is 59.3 Å². The van der Waals surface area contributed by atoms with Crippen molar-refractivity contribution in [2.75, 3.05) is 6.61 Å². The highest BCUT2D eigenvalue weighted by atomic mass is 16.5. The Bertz CT molecular complexity index is 66.6. The zero-order valence-corrected chi connectivity index (χ0v) is 9.34. The summed E-state index contributed by atoms with van der Waals surface area (Å²) in [6.45, 7) is 6.66. The van der Waals surface area contributed by atoms with Crippen molar-refractivity contribution in [3.05, 3.63) is 0 Å². The van der Waals surface area contributed by atoms with E-state index in [4.69, 9.17) is 0 Å². The first kappa shape index (κ1) is 15.0. The fourth-order valence-electron chi connectivity index (χ4n) is 1.13. The van der Waals surface area contributed by atoms with Crippen LogP contribution in [0.25, 0.3) is 0 Å². The van der Waals surface area contributed by atoms with Gasteiger partial charge in [0.1, 0.15) is 0 Å². The highest BCUT2D eigenvalue weighted by Crippen LogP contribution is 2.15. The summed E-state index contributed by atoms with van der Waals surface area (Å²) in [5.41, 5.74) is 0. The maximum absolute atomic E-state index is 9.18. The lowest BCUT2D eigenvalue weighted by Gasteiger charge is -2.05. The van der Waals surface area contributed by atoms with Gasteiger partial charge in [-0.15, -0.1) is 0 Å². The maximum atomic E-state index is 9.18. The second-order valence-electron chi connectivity index (χ2n) is 2.67. The number of rotatable bonds is 2. The molecule has 0 aromatic carbocycles. The number of hydrogen-bond acceptors (Lipinski definition) is 2. The predicted molar refractivity (Wildman–Crippen MR) is 56.7 cm³/mol. The van der Waals surface area contributed by atoms with Crippen LogP contribution in [-0.2, 0) is 9.53 Å². The Hall–Kier alpha value is -0.530. The van der Waals surface area contributed by atoms with Crippen LogP contribution in [0, 0.1) is 0 Å². The Labute approximate surface area is 82.7 Å². The average Bonchev–Trinajstić information content (AvgIpc) is 2.25. The fourth-order valence-corrected chi connectivity index (χ4v) is 1.13. The first-order valence-corrected chi connectivity index (χ1v) is 5.47. The first-order valence-electron chi connectivity index (χ1n) is 5.47. The molecule has 13 heavy (non-hydrogen) atoms. The third kappa shape index (κ3) is 18.4. The lowest BCUT2D eigenvalue weighted by molar-refractivity contribution is -0.128. The average molecular weight is 188 g/mol. The van der Waals surface area contributed by atoms with Crippen molar-refractivity contribution in [2.45, 2.75) is 59.3 Å². The third-order valence-electron chi connectivity index (χ3n) is 1.73. The Kier molecular flexibility index (Phi) is 20.2. The highest BCUT2D eigenvalue weighted by Gasteiger charge is 1.95. The Morgan fingerprint density at radius 2 is 1.31 bits per heavy atom. The summed E-state index contributed by atoms with van der Waals surface area (Å²) >= 11 is 0. The molecule has 0 amide bonds. The van der Waals surface area contributed by atoms with Crippen LogP contribution in [0.2, 0.25) is 0 Å². The number of carbonyl (C=O) groups excluding carboxylic acids is 1. The minimum Gasteiger partial charge on any atom is -0.468 e. The van der Waals surface area contributed by atoms with Gasteiger partial charge in [0, 0.05) is 0 Å². The molecule has 1 aliphatic carbocycles. The monoisotopic (exact) mass is 188 g/mol. The smallest absolute Gasteiger partial charge is 0.293 e. The summed E-state index contributed by atoms with van der Waals surface area (Å²) in [4.78, 5) is 9.18. The SMILES string of the molecule is C1CCCCC1.CC.CCOC=O. The van der Waals surface area contributed by atoms with Crippen molar-refractivity contribution in [2.24, 2.45) is 0 Å². The number of ether oxygens (including phenoxy) is 1. The Morgan fingerprint density at radius 1 is 1.00 bits per heavy atom. The van der Waals surface area contributed by atoms with Crippen molar-refractivity contribution in [1.82, 2.24) is 0 Å². The number of hydrogen-bond donors (Lipinski definition) is 0. The van der Waals surface area contributed by atoms with Crippen LogP contribution in [0.5, 0.6) is 0 Å². The summed E-state index contributed by atoms with van der Waals surface area (Å²) in [5.74, 6) is 0. The molecule has 2 heteroatoms. The standard InChI is InChI=1S/C6H12.C3H6O2.C2H6/c1-2-4-6-5-3-1;1-2-5-3-4;1-2/h1-6H2;3H,2H2,1H3;1-2H3. The van der Waals surface area contributed by atoms with E-state index in [1.165, 1.54) is 38.5 Å². The van der Waals surface area contributed by atoms with Crippen molar-refractivity contribution in [3.8, 4) is 0 Å². The summed E-state index contributed by atoms with van der Waals surface area (Å²) in [6.07, 6.45) is 9.00. The van der Waals surface area contributed by atoms with Gasteiger partial charge in [-0.3, -0.25) is 4.79 Å². The first-order chi connectivity index (χ1) is 6.41. The third-order valence-corrected chi connectivity index (χ3v) is 1.73. The van der Waals surface area contributed by atoms with Gasteiger partial charge in [-0.2, -0.15) is 0 Å². The molecule has 0 atom stereocenters. The topological polar surface area (TPSA) is 26.3 Å². The van der Waals surface area contributed by atoms with Gasteiger partial charge in [-0.1, -0.05) is 52.4 Å². The minimum atomic E-state index is 0.431. The lowest BCUT2D eigenvalue weighted by Crippen LogP contribution is -1.85. The van der Waals surface area contributed by atoms with Crippen LogP contribution in [0.4, 0.5) is 0 Å². The van der Waals surface area contributed by atoms with Gasteiger partial charge in [0.25, 0.3) is 6.47 Å². The molecule has 1 rings (SSSR count). The van der Waals surface area contributed by atoms with E-state index in [0.29, 0.717) is 13.1 Å². The van der Waals surface area contributed by atoms with Gasteiger partial charge in [0.15, 0.2) is 0 Å². The highest BCUT2D eigenvalue weighted by molar-refractivity contribution is 5.36. The van der Waals surface area contributed by atoms with E-state index in [-0.39, 0.29) is 0 Å². The second-order valence-corrected chi connectivity index (χ2v) is 2.67. The molecule has 0 aromatic heterocycles. The summed E-state index contributed by atoms with van der Waals surface area (Å²) in [5, 5.41) is 0. The molecule has 2 nitrogen and oxygen atoms in total. The fraction of sp³-hybridized carbons (Fsp3) is 0.909. The molecule has 80 valence electrons. The predicted octanol–water partition coefficient (Wildman–Crippen LogP) is 3.55. The van der Waals surface area contributed by atoms with Gasteiger partial charge in [-0.05, 0) is 6.92 Å². The van der Waals surface area contributed by atoms with Crippen molar-refractivity contribution < 1.29 is 9.53 Å². The van der Waals surface area contributed by atoms with Crippen molar-refractivity contribution in [1.29, 1.82) is 0 Å². The summed E-state index contributed by atoms with van der Waals surface area (Å²) in [7, 11) is 0. The van der Waals surface area contributed by atoms with Crippen molar-refractivity contribution in [3.63, 3.8) is 0 Å². The molecule has 1 saturated carbocycles. The molecule has 1 fully saturated rings. The molecule has 0 aromatic rings. The second kappa shape index (κ2) is 17.5. The molecular formula is C11H24O2. The van der Waals surface area contributed by atoms with Crippen LogP contribution >= 0.6 is 0 Å². The van der Waals surface area contributed by atoms with Crippen LogP contribution in [0.3, 0.4) is 0 Å². The zero-order chi connectivity index (χ0) is 10.4. The molecule has 0 bridgehead atoms. The molecular weight excluding hydrogens is 164 g/mol. The van der Waals surface area contributed by atoms with Crippen molar-refractivity contribution >= 4 is 6.47 Å². The van der Waals surface area contributed by atoms with Crippen LogP contribution < -0.4 is 0 Å². The van der Waals surface area contributed by atoms with E-state index in [1.807, 2.05) is 13.8 Å². The van der Waals surface area contributed by atoms with E-state index in [1.54, 1.807) is 6.92 Å². The van der Waals surface area contributed by atoms with Gasteiger partial charge in [-0.25, -0.2) is 0 Å². The molecule has 0 N–H and O–H groups in total. The van der Waals surface area contributed by atoms with E-state index in [9.17, 15) is 4.79 Å². The lowest BCUT2D eigenvalue weighted by atomic mass is 10.0. The molecule has 0 saturated heterocycles. The number of carbonyl (C=O) groups is 1. The van der Waals surface area contributed by atoms with E-state index < -0.39 is 0 Å². The van der Waals surface area contributed by atoms with E-state index >= 15 is 0 Å². The molecule has 0 heterocycles. The Balaban J connectivity index is 0. The molecule has 0 radical (unpaired) electrons. The molecule has 1 aliphatic rings. The van der Waals surface area contributed by atoms with Gasteiger partial charge >= 0.3 is 0 Å². The largest absolute Gasteiger partial charge is 0.468 e. The minimum absolute atomic E-state index is 0.431. The van der Waals surface area contributed by atoms with Crippen LogP contribution in [-0.4, -0.2) is 13.1 Å². The van der Waals surface area contributed by atoms with Gasteiger partial charge < -0.3 is 4.74 Å². The molecule has 0 unspecified atom stereocenters. The van der Waals surface area contributed by atoms with Gasteiger partial charge in [0.05, 0.1) is 6.61 Å². The molecule has 0 spiro atoms. The summed E-state index contributed by atoms with van der Waals surface area (Å²) < 4.78 is 4.15. The van der Waals surface area contributed by atoms with E-state index in [2.05, 4.69) is 4.74 Å². The normalized spacial score (nSPS) is 14.1. The summed E-state index contributed by atoms with van der Waals surface area (Å²) in [6, 6.07) is 0. The Morgan fingerprint density at radius 3 is 1.38 bits per heavy atom. The molecule has 0 aliphatic heterocycles. The zero-order valence-electron chi connectivity index (χ0n) is 9.34. The van der Waals surface area contributed by atoms with Crippen LogP contribution in [0.15, 0.2) is 0 Å². The van der Waals surface area contributed by atoms with E-state index in [0.717, 1.165) is 0 Å². The van der Waals surface area contributed by atoms with Gasteiger partial charge in [0.2, 0.25) is 0 Å². The quantitative estimate of drug-likeness (QED) is 0.619. The maximum Gasteiger partial charge on any atom is 0.293 e.